The molecule has 0 aromatic heterocycles. The van der Waals surface area contributed by atoms with E-state index in [1.165, 1.54) is 31.4 Å². The molecule has 1 aromatic carbocycles. The van der Waals surface area contributed by atoms with Gasteiger partial charge in [0.2, 0.25) is 0 Å². The zero-order valence-electron chi connectivity index (χ0n) is 9.76. The summed E-state index contributed by atoms with van der Waals surface area (Å²) >= 11 is 0. The molecule has 2 nitrogen and oxygen atoms in total. The first-order chi connectivity index (χ1) is 8.21. The molecule has 1 N–H and O–H groups in total. The van der Waals surface area contributed by atoms with E-state index in [0.29, 0.717) is 12.1 Å². The molecule has 1 aromatic rings. The van der Waals surface area contributed by atoms with Crippen LogP contribution < -0.4 is 5.32 Å². The van der Waals surface area contributed by atoms with Crippen LogP contribution in [-0.2, 0) is 5.41 Å². The van der Waals surface area contributed by atoms with Gasteiger partial charge in [0.25, 0.3) is 5.91 Å². The number of fused-ring (bicyclic) bond motifs is 2. The SMILES string of the molecule is O=C1NCC2(CCCCC2)c2ccc(F)cc21. The van der Waals surface area contributed by atoms with Crippen LogP contribution in [0.5, 0.6) is 0 Å². The number of carbonyl (C=O) groups is 1. The molecular formula is C14H16FNO. The average Bonchev–Trinajstić information content (AvgIpc) is 2.36. The van der Waals surface area contributed by atoms with E-state index in [0.717, 1.165) is 18.4 Å². The highest BCUT2D eigenvalue weighted by Gasteiger charge is 2.40. The molecule has 0 atom stereocenters. The summed E-state index contributed by atoms with van der Waals surface area (Å²) in [5.74, 6) is -0.456. The van der Waals surface area contributed by atoms with Crippen molar-refractivity contribution in [3.8, 4) is 0 Å². The molecule has 1 amide bonds. The van der Waals surface area contributed by atoms with Gasteiger partial charge in [0.15, 0.2) is 0 Å². The van der Waals surface area contributed by atoms with Gasteiger partial charge in [-0.25, -0.2) is 4.39 Å². The van der Waals surface area contributed by atoms with Gasteiger partial charge in [-0.05, 0) is 30.5 Å². The molecule has 0 bridgehead atoms. The quantitative estimate of drug-likeness (QED) is 0.733. The number of hydrogen-bond acceptors (Lipinski definition) is 1. The number of hydrogen-bond donors (Lipinski definition) is 1. The lowest BCUT2D eigenvalue weighted by molar-refractivity contribution is 0.0912. The van der Waals surface area contributed by atoms with E-state index in [9.17, 15) is 9.18 Å². The summed E-state index contributed by atoms with van der Waals surface area (Å²) in [6.45, 7) is 0.713. The first-order valence-corrected chi connectivity index (χ1v) is 6.30. The third-order valence-corrected chi connectivity index (χ3v) is 4.20. The molecule has 0 unspecified atom stereocenters. The van der Waals surface area contributed by atoms with Crippen molar-refractivity contribution < 1.29 is 9.18 Å². The fourth-order valence-electron chi connectivity index (χ4n) is 3.28. The summed E-state index contributed by atoms with van der Waals surface area (Å²) in [5, 5.41) is 2.92. The van der Waals surface area contributed by atoms with Gasteiger partial charge in [-0.15, -0.1) is 0 Å². The second kappa shape index (κ2) is 3.83. The van der Waals surface area contributed by atoms with Crippen molar-refractivity contribution in [2.45, 2.75) is 37.5 Å². The van der Waals surface area contributed by atoms with Crippen molar-refractivity contribution >= 4 is 5.91 Å². The Morgan fingerprint density at radius 3 is 2.71 bits per heavy atom. The van der Waals surface area contributed by atoms with Crippen molar-refractivity contribution in [2.24, 2.45) is 0 Å². The molecule has 17 heavy (non-hydrogen) atoms. The normalized spacial score (nSPS) is 22.1. The van der Waals surface area contributed by atoms with Crippen LogP contribution in [0.4, 0.5) is 4.39 Å². The summed E-state index contributed by atoms with van der Waals surface area (Å²) < 4.78 is 13.2. The Balaban J connectivity index is 2.11. The minimum Gasteiger partial charge on any atom is -0.351 e. The molecule has 3 heteroatoms. The number of amides is 1. The maximum Gasteiger partial charge on any atom is 0.251 e. The first kappa shape index (κ1) is 10.8. The summed E-state index contributed by atoms with van der Waals surface area (Å²) in [6, 6.07) is 4.67. The topological polar surface area (TPSA) is 29.1 Å². The molecule has 1 heterocycles. The lowest BCUT2D eigenvalue weighted by Gasteiger charge is -2.41. The van der Waals surface area contributed by atoms with Crippen LogP contribution in [-0.4, -0.2) is 12.5 Å². The predicted molar refractivity (Wildman–Crippen MR) is 63.5 cm³/mol. The van der Waals surface area contributed by atoms with Crippen LogP contribution in [0, 0.1) is 5.82 Å². The highest BCUT2D eigenvalue weighted by Crippen LogP contribution is 2.42. The maximum atomic E-state index is 13.2. The Hall–Kier alpha value is -1.38. The van der Waals surface area contributed by atoms with E-state index in [-0.39, 0.29) is 17.1 Å². The molecule has 1 aliphatic carbocycles. The van der Waals surface area contributed by atoms with Crippen molar-refractivity contribution in [3.63, 3.8) is 0 Å². The summed E-state index contributed by atoms with van der Waals surface area (Å²) in [4.78, 5) is 11.8. The number of benzene rings is 1. The van der Waals surface area contributed by atoms with Crippen molar-refractivity contribution in [1.82, 2.24) is 5.32 Å². The van der Waals surface area contributed by atoms with Gasteiger partial charge in [0.1, 0.15) is 5.82 Å². The molecule has 0 radical (unpaired) electrons. The molecule has 2 aliphatic rings. The monoisotopic (exact) mass is 233 g/mol. The van der Waals surface area contributed by atoms with Crippen LogP contribution >= 0.6 is 0 Å². The Labute approximate surface area is 100 Å². The van der Waals surface area contributed by atoms with Crippen LogP contribution in [0.25, 0.3) is 0 Å². The molecule has 90 valence electrons. The first-order valence-electron chi connectivity index (χ1n) is 6.30. The molecule has 1 saturated carbocycles. The fourth-order valence-corrected chi connectivity index (χ4v) is 3.28. The summed E-state index contributed by atoms with van der Waals surface area (Å²) in [6.07, 6.45) is 5.88. The number of carbonyl (C=O) groups excluding carboxylic acids is 1. The van der Waals surface area contributed by atoms with Gasteiger partial charge in [-0.1, -0.05) is 25.3 Å². The largest absolute Gasteiger partial charge is 0.351 e. The van der Waals surface area contributed by atoms with Gasteiger partial charge in [0.05, 0.1) is 0 Å². The fraction of sp³-hybridized carbons (Fsp3) is 0.500. The Kier molecular flexibility index (Phi) is 2.42. The average molecular weight is 233 g/mol. The molecule has 1 fully saturated rings. The zero-order valence-corrected chi connectivity index (χ0v) is 9.76. The van der Waals surface area contributed by atoms with Gasteiger partial charge < -0.3 is 5.32 Å². The zero-order chi connectivity index (χ0) is 11.9. The minimum absolute atomic E-state index is 0.0647. The number of halogens is 1. The lowest BCUT2D eigenvalue weighted by Crippen LogP contribution is -2.47. The molecule has 0 saturated heterocycles. The second-order valence-corrected chi connectivity index (χ2v) is 5.21. The highest BCUT2D eigenvalue weighted by molar-refractivity contribution is 5.97. The van der Waals surface area contributed by atoms with Crippen LogP contribution in [0.2, 0.25) is 0 Å². The highest BCUT2D eigenvalue weighted by atomic mass is 19.1. The van der Waals surface area contributed by atoms with Gasteiger partial charge >= 0.3 is 0 Å². The smallest absolute Gasteiger partial charge is 0.251 e. The minimum atomic E-state index is -0.327. The van der Waals surface area contributed by atoms with E-state index < -0.39 is 0 Å². The van der Waals surface area contributed by atoms with Crippen LogP contribution in [0.3, 0.4) is 0 Å². The Morgan fingerprint density at radius 2 is 1.94 bits per heavy atom. The Bertz CT molecular complexity index is 463. The van der Waals surface area contributed by atoms with Gasteiger partial charge in [-0.2, -0.15) is 0 Å². The van der Waals surface area contributed by atoms with E-state index in [1.807, 2.05) is 6.07 Å². The standard InChI is InChI=1S/C14H16FNO/c15-10-4-5-12-11(8-10)13(17)16-9-14(12)6-2-1-3-7-14/h4-5,8H,1-3,6-7,9H2,(H,16,17). The third-order valence-electron chi connectivity index (χ3n) is 4.20. The van der Waals surface area contributed by atoms with Gasteiger partial charge in [0, 0.05) is 17.5 Å². The van der Waals surface area contributed by atoms with E-state index >= 15 is 0 Å². The summed E-state index contributed by atoms with van der Waals surface area (Å²) in [7, 11) is 0. The molecule has 1 spiro atoms. The molecule has 1 aliphatic heterocycles. The van der Waals surface area contributed by atoms with Crippen LogP contribution in [0.1, 0.15) is 48.0 Å². The van der Waals surface area contributed by atoms with Gasteiger partial charge in [-0.3, -0.25) is 4.79 Å². The second-order valence-electron chi connectivity index (χ2n) is 5.21. The predicted octanol–water partition coefficient (Wildman–Crippen LogP) is 2.77. The maximum absolute atomic E-state index is 13.2. The van der Waals surface area contributed by atoms with E-state index in [2.05, 4.69) is 5.32 Å². The van der Waals surface area contributed by atoms with E-state index in [4.69, 9.17) is 0 Å². The van der Waals surface area contributed by atoms with E-state index in [1.54, 1.807) is 0 Å². The van der Waals surface area contributed by atoms with Crippen molar-refractivity contribution in [1.29, 1.82) is 0 Å². The third kappa shape index (κ3) is 1.65. The van der Waals surface area contributed by atoms with Crippen molar-refractivity contribution in [2.75, 3.05) is 6.54 Å². The molecule has 3 rings (SSSR count). The lowest BCUT2D eigenvalue weighted by atomic mass is 9.66. The van der Waals surface area contributed by atoms with Crippen molar-refractivity contribution in [3.05, 3.63) is 35.1 Å². The summed E-state index contributed by atoms with van der Waals surface area (Å²) in [5.41, 5.74) is 1.66. The molecular weight excluding hydrogens is 217 g/mol. The Morgan fingerprint density at radius 1 is 1.18 bits per heavy atom. The van der Waals surface area contributed by atoms with Crippen LogP contribution in [0.15, 0.2) is 18.2 Å². The number of rotatable bonds is 0. The number of nitrogens with one attached hydrogen (secondary N) is 1.